The molecular weight excluding hydrogens is 317 g/mol. The summed E-state index contributed by atoms with van der Waals surface area (Å²) in [5, 5.41) is 12.1. The number of hydrogen-bond acceptors (Lipinski definition) is 4. The number of thiophene rings is 1. The van der Waals surface area contributed by atoms with E-state index in [1.165, 1.54) is 0 Å². The van der Waals surface area contributed by atoms with Crippen molar-refractivity contribution in [2.75, 3.05) is 11.9 Å². The standard InChI is InChI=1S/C13H13Cl2N3OS/c1-18(7-9-3-5-12(15)20-9)8-2-4-10(11(14)6-8)13(16)17-19/h2-6,19H,7H2,1H3,(H2,16,17). The maximum atomic E-state index is 8.67. The van der Waals surface area contributed by atoms with Gasteiger partial charge in [0.2, 0.25) is 0 Å². The van der Waals surface area contributed by atoms with E-state index in [0.717, 1.165) is 21.4 Å². The molecule has 0 amide bonds. The van der Waals surface area contributed by atoms with Crippen LogP contribution in [0.1, 0.15) is 10.4 Å². The zero-order chi connectivity index (χ0) is 14.7. The summed E-state index contributed by atoms with van der Waals surface area (Å²) >= 11 is 13.6. The van der Waals surface area contributed by atoms with E-state index >= 15 is 0 Å². The largest absolute Gasteiger partial charge is 0.409 e. The van der Waals surface area contributed by atoms with Gasteiger partial charge in [-0.2, -0.15) is 0 Å². The third-order valence-corrected chi connectivity index (χ3v) is 4.33. The summed E-state index contributed by atoms with van der Waals surface area (Å²) in [6.45, 7) is 0.733. The zero-order valence-corrected chi connectivity index (χ0v) is 13.0. The van der Waals surface area contributed by atoms with E-state index in [1.54, 1.807) is 23.5 Å². The lowest BCUT2D eigenvalue weighted by atomic mass is 10.2. The predicted molar refractivity (Wildman–Crippen MR) is 85.4 cm³/mol. The number of rotatable bonds is 4. The van der Waals surface area contributed by atoms with Crippen LogP contribution in [-0.4, -0.2) is 18.1 Å². The molecule has 0 saturated heterocycles. The van der Waals surface area contributed by atoms with Crippen LogP contribution in [0.15, 0.2) is 35.5 Å². The van der Waals surface area contributed by atoms with Gasteiger partial charge in [0, 0.05) is 23.2 Å². The SMILES string of the molecule is CN(Cc1ccc(Cl)s1)c1ccc(C(N)=NO)c(Cl)c1. The van der Waals surface area contributed by atoms with Crippen LogP contribution in [0.5, 0.6) is 0 Å². The van der Waals surface area contributed by atoms with E-state index in [0.29, 0.717) is 10.6 Å². The van der Waals surface area contributed by atoms with Gasteiger partial charge in [0.1, 0.15) is 0 Å². The van der Waals surface area contributed by atoms with E-state index in [4.69, 9.17) is 34.1 Å². The van der Waals surface area contributed by atoms with Crippen molar-refractivity contribution in [3.05, 3.63) is 50.1 Å². The van der Waals surface area contributed by atoms with E-state index in [1.807, 2.05) is 30.1 Å². The maximum absolute atomic E-state index is 8.67. The molecule has 2 rings (SSSR count). The predicted octanol–water partition coefficient (Wildman–Crippen LogP) is 3.79. The Labute approximate surface area is 131 Å². The summed E-state index contributed by atoms with van der Waals surface area (Å²) in [5.74, 6) is -0.00533. The Balaban J connectivity index is 2.18. The highest BCUT2D eigenvalue weighted by Crippen LogP contribution is 2.27. The molecular formula is C13H13Cl2N3OS. The van der Waals surface area contributed by atoms with Crippen LogP contribution in [0.3, 0.4) is 0 Å². The van der Waals surface area contributed by atoms with Gasteiger partial charge in [-0.25, -0.2) is 0 Å². The van der Waals surface area contributed by atoms with Crippen LogP contribution in [0.2, 0.25) is 9.36 Å². The average molecular weight is 330 g/mol. The van der Waals surface area contributed by atoms with Crippen LogP contribution in [0.4, 0.5) is 5.69 Å². The third kappa shape index (κ3) is 3.36. The summed E-state index contributed by atoms with van der Waals surface area (Å²) < 4.78 is 0.772. The van der Waals surface area contributed by atoms with Gasteiger partial charge in [0.25, 0.3) is 0 Å². The van der Waals surface area contributed by atoms with Gasteiger partial charge in [-0.05, 0) is 30.3 Å². The van der Waals surface area contributed by atoms with Crippen molar-refractivity contribution in [1.29, 1.82) is 0 Å². The topological polar surface area (TPSA) is 61.8 Å². The molecule has 106 valence electrons. The van der Waals surface area contributed by atoms with Gasteiger partial charge in [-0.3, -0.25) is 0 Å². The molecule has 0 aliphatic rings. The summed E-state index contributed by atoms with van der Waals surface area (Å²) in [6.07, 6.45) is 0. The number of anilines is 1. The van der Waals surface area contributed by atoms with Crippen molar-refractivity contribution < 1.29 is 5.21 Å². The molecule has 0 spiro atoms. The Morgan fingerprint density at radius 3 is 2.65 bits per heavy atom. The number of nitrogens with two attached hydrogens (primary N) is 1. The van der Waals surface area contributed by atoms with Crippen LogP contribution in [-0.2, 0) is 6.54 Å². The molecule has 7 heteroatoms. The highest BCUT2D eigenvalue weighted by molar-refractivity contribution is 7.16. The van der Waals surface area contributed by atoms with Crippen LogP contribution in [0, 0.1) is 0 Å². The fraction of sp³-hybridized carbons (Fsp3) is 0.154. The van der Waals surface area contributed by atoms with E-state index in [2.05, 4.69) is 5.16 Å². The molecule has 3 N–H and O–H groups in total. The molecule has 1 aromatic carbocycles. The molecule has 0 radical (unpaired) electrons. The molecule has 0 aliphatic heterocycles. The lowest BCUT2D eigenvalue weighted by molar-refractivity contribution is 0.318. The van der Waals surface area contributed by atoms with Crippen LogP contribution >= 0.6 is 34.5 Å². The highest BCUT2D eigenvalue weighted by atomic mass is 35.5. The highest BCUT2D eigenvalue weighted by Gasteiger charge is 2.10. The molecule has 1 heterocycles. The summed E-state index contributed by atoms with van der Waals surface area (Å²) in [4.78, 5) is 3.21. The van der Waals surface area contributed by atoms with Crippen molar-refractivity contribution in [3.8, 4) is 0 Å². The molecule has 0 unspecified atom stereocenters. The first-order chi connectivity index (χ1) is 9.51. The van der Waals surface area contributed by atoms with Crippen molar-refractivity contribution in [1.82, 2.24) is 0 Å². The van der Waals surface area contributed by atoms with Crippen LogP contribution in [0.25, 0.3) is 0 Å². The number of hydrogen-bond donors (Lipinski definition) is 2. The average Bonchev–Trinajstić information content (AvgIpc) is 2.83. The molecule has 0 bridgehead atoms. The molecule has 0 fully saturated rings. The number of nitrogens with zero attached hydrogens (tertiary/aromatic N) is 2. The van der Waals surface area contributed by atoms with E-state index < -0.39 is 0 Å². The quantitative estimate of drug-likeness (QED) is 0.388. The van der Waals surface area contributed by atoms with E-state index in [-0.39, 0.29) is 5.84 Å². The van der Waals surface area contributed by atoms with Crippen molar-refractivity contribution in [2.45, 2.75) is 6.54 Å². The molecule has 2 aromatic rings. The number of benzene rings is 1. The molecule has 20 heavy (non-hydrogen) atoms. The summed E-state index contributed by atoms with van der Waals surface area (Å²) in [6, 6.07) is 9.25. The minimum absolute atomic E-state index is 0.00533. The first kappa shape index (κ1) is 15.0. The Kier molecular flexibility index (Phi) is 4.75. The van der Waals surface area contributed by atoms with Crippen molar-refractivity contribution in [3.63, 3.8) is 0 Å². The normalized spacial score (nSPS) is 11.7. The van der Waals surface area contributed by atoms with Crippen molar-refractivity contribution in [2.24, 2.45) is 10.9 Å². The molecule has 0 atom stereocenters. The van der Waals surface area contributed by atoms with Crippen molar-refractivity contribution >= 4 is 46.1 Å². The first-order valence-electron chi connectivity index (χ1n) is 5.74. The zero-order valence-electron chi connectivity index (χ0n) is 10.7. The first-order valence-corrected chi connectivity index (χ1v) is 7.31. The van der Waals surface area contributed by atoms with Gasteiger partial charge >= 0.3 is 0 Å². The van der Waals surface area contributed by atoms with Gasteiger partial charge in [-0.15, -0.1) is 11.3 Å². The molecule has 0 saturated carbocycles. The maximum Gasteiger partial charge on any atom is 0.171 e. The number of halogens is 2. The minimum atomic E-state index is -0.00533. The Bertz CT molecular complexity index is 642. The number of amidine groups is 1. The Hall–Kier alpha value is -1.43. The van der Waals surface area contributed by atoms with Gasteiger partial charge < -0.3 is 15.8 Å². The fourth-order valence-corrected chi connectivity index (χ4v) is 3.18. The van der Waals surface area contributed by atoms with Gasteiger partial charge in [-0.1, -0.05) is 28.4 Å². The van der Waals surface area contributed by atoms with E-state index in [9.17, 15) is 0 Å². The smallest absolute Gasteiger partial charge is 0.171 e. The monoisotopic (exact) mass is 329 g/mol. The Morgan fingerprint density at radius 1 is 1.35 bits per heavy atom. The molecule has 1 aromatic heterocycles. The second-order valence-electron chi connectivity index (χ2n) is 4.21. The van der Waals surface area contributed by atoms with Gasteiger partial charge in [0.05, 0.1) is 15.9 Å². The lowest BCUT2D eigenvalue weighted by Gasteiger charge is -2.19. The molecule has 4 nitrogen and oxygen atoms in total. The second-order valence-corrected chi connectivity index (χ2v) is 6.42. The third-order valence-electron chi connectivity index (χ3n) is 2.80. The van der Waals surface area contributed by atoms with Crippen LogP contribution < -0.4 is 10.6 Å². The molecule has 0 aliphatic carbocycles. The fourth-order valence-electron chi connectivity index (χ4n) is 1.76. The number of oxime groups is 1. The lowest BCUT2D eigenvalue weighted by Crippen LogP contribution is -2.17. The summed E-state index contributed by atoms with van der Waals surface area (Å²) in [7, 11) is 1.96. The Morgan fingerprint density at radius 2 is 2.10 bits per heavy atom. The van der Waals surface area contributed by atoms with Gasteiger partial charge in [0.15, 0.2) is 5.84 Å². The second kappa shape index (κ2) is 6.35. The summed E-state index contributed by atoms with van der Waals surface area (Å²) in [5.41, 5.74) is 6.98. The minimum Gasteiger partial charge on any atom is -0.409 e.